The number of fused-ring (bicyclic) bond motifs is 2. The van der Waals surface area contributed by atoms with E-state index in [1.54, 1.807) is 94.4 Å². The number of hydrogen-bond acceptors (Lipinski definition) is 24. The lowest BCUT2D eigenvalue weighted by molar-refractivity contribution is -0.275. The number of ether oxygens (including phenoxy) is 9. The molecule has 592 valence electrons. The molecule has 0 radical (unpaired) electrons. The standard InChI is InChI=1S/C37H50N4O9.C22H25NO6.C20H35N3O6/c1-22(2)28(33(44)38-23(3)34(45)41-17-9-10-30(40-41)35(46)47-8)19-32(43)37(20-48-36(6,7)49-21-37)16-15-26-11-12-27-13-14-29(39-31(27)18-26)24(4)50-25(5)42;1-14(29-15(2)24)18-8-7-17-6-5-16(11-19(17)23-18)9-10-22(20(25)26)12-27-21(3,4)28-13-22;1-12(2)14(11-16(24)29-20(4,5)6)17(25)21-13(3)18(26)23-10-8-9-15(22-23)19(27)28-7/h11-16,18,22-24,28,30,40H,9-10,17,19-21H2,1-8H3,(H,38,44);5-11,14H,12-13H2,1-4H3,(H,25,26);12-15,22H,8-11H2,1-7H3,(H,21,25)/b16-15+;10-9+;/t23-,24+,28-,30-;14-;13-,14-,15-/m010/s1. The first-order chi connectivity index (χ1) is 50.5. The Morgan fingerprint density at radius 1 is 0.574 bits per heavy atom. The number of aliphatic carboxylic acids is 1. The number of esters is 5. The van der Waals surface area contributed by atoms with Crippen molar-refractivity contribution in [3.05, 3.63) is 95.3 Å². The number of nitrogens with one attached hydrogen (secondary N) is 4. The van der Waals surface area contributed by atoms with E-state index in [2.05, 4.69) is 26.5 Å². The van der Waals surface area contributed by atoms with E-state index in [-0.39, 0.29) is 74.7 Å². The Balaban J connectivity index is 0.000000270. The fourth-order valence-electron chi connectivity index (χ4n) is 12.1. The minimum Gasteiger partial charge on any atom is -0.480 e. The maximum atomic E-state index is 14.2. The van der Waals surface area contributed by atoms with Crippen LogP contribution in [0.3, 0.4) is 0 Å². The molecule has 0 spiro atoms. The van der Waals surface area contributed by atoms with Crippen LogP contribution < -0.4 is 21.5 Å². The van der Waals surface area contributed by atoms with E-state index in [0.29, 0.717) is 55.7 Å². The van der Waals surface area contributed by atoms with Crippen LogP contribution in [0.4, 0.5) is 0 Å². The molecule has 4 aromatic rings. The first-order valence-corrected chi connectivity index (χ1v) is 36.5. The average Bonchev–Trinajstić information content (AvgIpc) is 0.805. The van der Waals surface area contributed by atoms with Crippen molar-refractivity contribution in [3.8, 4) is 0 Å². The maximum absolute atomic E-state index is 14.2. The fourth-order valence-corrected chi connectivity index (χ4v) is 12.1. The molecule has 4 saturated heterocycles. The van der Waals surface area contributed by atoms with Gasteiger partial charge < -0.3 is 58.4 Å². The van der Waals surface area contributed by atoms with E-state index in [0.717, 1.165) is 27.4 Å². The predicted molar refractivity (Wildman–Crippen MR) is 398 cm³/mol. The molecule has 5 N–H and O–H groups in total. The molecule has 8 atom stereocenters. The van der Waals surface area contributed by atoms with E-state index in [4.69, 9.17) is 47.6 Å². The summed E-state index contributed by atoms with van der Waals surface area (Å²) >= 11 is 0. The van der Waals surface area contributed by atoms with E-state index in [1.165, 1.54) is 38.1 Å². The normalized spacial score (nSPS) is 19.9. The van der Waals surface area contributed by atoms with Crippen LogP contribution in [0.1, 0.15) is 191 Å². The Kier molecular flexibility index (Phi) is 31.1. The number of aromatic nitrogens is 2. The maximum Gasteiger partial charge on any atom is 0.324 e. The Hall–Kier alpha value is -9.13. The number of Topliss-reactive ketones (excluding diaryl/α,β-unsaturated/α-hetero) is 1. The fraction of sp³-hybridized carbons (Fsp3) is 0.582. The second kappa shape index (κ2) is 38.3. The summed E-state index contributed by atoms with van der Waals surface area (Å²) in [5.74, 6) is -8.26. The molecule has 29 heteroatoms. The third-order valence-electron chi connectivity index (χ3n) is 18.7. The van der Waals surface area contributed by atoms with E-state index < -0.39 is 118 Å². The van der Waals surface area contributed by atoms with Crippen LogP contribution in [-0.2, 0) is 95.4 Å². The van der Waals surface area contributed by atoms with Gasteiger partial charge in [-0.1, -0.05) is 88.4 Å². The Labute approximate surface area is 631 Å². The number of pyridine rings is 2. The highest BCUT2D eigenvalue weighted by molar-refractivity contribution is 5.95. The molecule has 8 rings (SSSR count). The van der Waals surface area contributed by atoms with E-state index in [1.807, 2.05) is 94.4 Å². The molecule has 0 unspecified atom stereocenters. The van der Waals surface area contributed by atoms with Gasteiger partial charge in [0.2, 0.25) is 11.8 Å². The number of carbonyl (C=O) groups is 11. The van der Waals surface area contributed by atoms with E-state index in [9.17, 15) is 57.8 Å². The number of amides is 4. The molecule has 4 amide bonds. The SMILES string of the molecule is CC(=O)O[C@H](C)c1ccc2ccc(/C=C/C3(C(=O)O)COC(C)(C)OC3)cc2n1.COC(=O)[C@@H]1CCCN(C(=O)[C@H](C)NC(=O)[C@@H](CC(=O)C2(/C=C/c3ccc4ccc([C@@H](C)OC(C)=O)nc4c3)COC(C)(C)OC2)C(C)C)N1.COC(=O)[C@@H]1CCCN(C(=O)[C@H](C)NC(=O)[C@@H](CC(=O)OC(C)(C)C)C(C)C)N1. The summed E-state index contributed by atoms with van der Waals surface area (Å²) in [7, 11) is 2.59. The van der Waals surface area contributed by atoms with Crippen molar-refractivity contribution in [2.24, 2.45) is 34.5 Å². The number of hydrogen-bond donors (Lipinski definition) is 5. The van der Waals surface area contributed by atoms with E-state index >= 15 is 0 Å². The molecule has 4 aliphatic heterocycles. The highest BCUT2D eigenvalue weighted by Gasteiger charge is 2.47. The van der Waals surface area contributed by atoms with Crippen molar-refractivity contribution in [1.29, 1.82) is 0 Å². The van der Waals surface area contributed by atoms with Crippen molar-refractivity contribution in [1.82, 2.24) is 41.5 Å². The number of hydrazine groups is 2. The number of carboxylic acid groups (broad SMARTS) is 1. The second-order valence-electron chi connectivity index (χ2n) is 30.4. The van der Waals surface area contributed by atoms with Crippen molar-refractivity contribution >= 4 is 99.2 Å². The zero-order valence-corrected chi connectivity index (χ0v) is 65.7. The summed E-state index contributed by atoms with van der Waals surface area (Å²) in [5, 5.41) is 19.7. The zero-order valence-electron chi connectivity index (χ0n) is 65.7. The lowest BCUT2D eigenvalue weighted by Gasteiger charge is -2.41. The summed E-state index contributed by atoms with van der Waals surface area (Å²) < 4.78 is 48.4. The van der Waals surface area contributed by atoms with Crippen LogP contribution in [0, 0.1) is 34.5 Å². The van der Waals surface area contributed by atoms with Gasteiger partial charge in [0.25, 0.3) is 11.8 Å². The van der Waals surface area contributed by atoms with Crippen LogP contribution in [0.25, 0.3) is 34.0 Å². The summed E-state index contributed by atoms with van der Waals surface area (Å²) in [6.45, 7) is 30.1. The minimum atomic E-state index is -1.25. The summed E-state index contributed by atoms with van der Waals surface area (Å²) in [6, 6.07) is 15.9. The first-order valence-electron chi connectivity index (χ1n) is 36.5. The quantitative estimate of drug-likeness (QED) is 0.0322. The molecule has 0 aliphatic carbocycles. The van der Waals surface area contributed by atoms with Gasteiger partial charge in [-0.3, -0.25) is 62.8 Å². The third kappa shape index (κ3) is 25.2. The molecule has 6 heterocycles. The zero-order chi connectivity index (χ0) is 80.4. The topological polar surface area (TPSA) is 371 Å². The van der Waals surface area contributed by atoms with Gasteiger partial charge in [0.05, 0.1) is 80.8 Å². The summed E-state index contributed by atoms with van der Waals surface area (Å²) in [5.41, 5.74) is 6.95. The molecule has 2 aromatic carbocycles. The van der Waals surface area contributed by atoms with Crippen LogP contribution in [0.5, 0.6) is 0 Å². The smallest absolute Gasteiger partial charge is 0.324 e. The monoisotopic (exact) mass is 1510 g/mol. The lowest BCUT2D eigenvalue weighted by atomic mass is 9.77. The van der Waals surface area contributed by atoms with Crippen LogP contribution in [-0.4, -0.2) is 185 Å². The van der Waals surface area contributed by atoms with Gasteiger partial charge in [0, 0.05) is 50.0 Å². The third-order valence-corrected chi connectivity index (χ3v) is 18.7. The molecule has 2 aromatic heterocycles. The first kappa shape index (κ1) is 87.8. The number of ketones is 1. The largest absolute Gasteiger partial charge is 0.480 e. The highest BCUT2D eigenvalue weighted by atomic mass is 16.7. The molecule has 0 bridgehead atoms. The lowest BCUT2D eigenvalue weighted by Crippen LogP contribution is -2.59. The number of carbonyl (C=O) groups excluding carboxylic acids is 10. The van der Waals surface area contributed by atoms with Crippen LogP contribution >= 0.6 is 0 Å². The molecule has 0 saturated carbocycles. The Morgan fingerprint density at radius 2 is 0.944 bits per heavy atom. The van der Waals surface area contributed by atoms with Gasteiger partial charge in [0.1, 0.15) is 53.2 Å². The molecular weight excluding hydrogens is 1400 g/mol. The van der Waals surface area contributed by atoms with Gasteiger partial charge >= 0.3 is 35.8 Å². The number of nitrogens with zero attached hydrogens (tertiary/aromatic N) is 4. The molecular formula is C79H110N8O21. The Bertz CT molecular complexity index is 3940. The molecule has 29 nitrogen and oxygen atoms in total. The minimum absolute atomic E-state index is 0.0295. The molecule has 4 fully saturated rings. The van der Waals surface area contributed by atoms with Crippen molar-refractivity contribution in [3.63, 3.8) is 0 Å². The predicted octanol–water partition coefficient (Wildman–Crippen LogP) is 8.94. The van der Waals surface area contributed by atoms with Crippen LogP contribution in [0.15, 0.2) is 72.8 Å². The summed E-state index contributed by atoms with van der Waals surface area (Å²) in [6.07, 6.45) is 8.17. The van der Waals surface area contributed by atoms with Crippen molar-refractivity contribution in [2.45, 2.75) is 210 Å². The summed E-state index contributed by atoms with van der Waals surface area (Å²) in [4.78, 5) is 146. The Morgan fingerprint density at radius 3 is 1.31 bits per heavy atom. The number of carboxylic acids is 1. The second-order valence-corrected chi connectivity index (χ2v) is 30.4. The van der Waals surface area contributed by atoms with Gasteiger partial charge in [-0.2, -0.15) is 0 Å². The average molecular weight is 1510 g/mol. The van der Waals surface area contributed by atoms with Crippen LogP contribution in [0.2, 0.25) is 0 Å². The number of methoxy groups -OCH3 is 2. The number of rotatable bonds is 24. The number of benzene rings is 2. The highest BCUT2D eigenvalue weighted by Crippen LogP contribution is 2.37. The van der Waals surface area contributed by atoms with Gasteiger partial charge in [-0.25, -0.2) is 20.8 Å². The van der Waals surface area contributed by atoms with Crippen molar-refractivity contribution < 1.29 is 100 Å². The van der Waals surface area contributed by atoms with Crippen molar-refractivity contribution in [2.75, 3.05) is 53.7 Å². The molecule has 4 aliphatic rings. The van der Waals surface area contributed by atoms with Gasteiger partial charge in [-0.05, 0) is 149 Å². The van der Waals surface area contributed by atoms with Gasteiger partial charge in [-0.15, -0.1) is 0 Å². The van der Waals surface area contributed by atoms with Gasteiger partial charge in [0.15, 0.2) is 11.6 Å². The molecule has 108 heavy (non-hydrogen) atoms.